The summed E-state index contributed by atoms with van der Waals surface area (Å²) in [6.45, 7) is 8.43. The molecule has 1 spiro atoms. The molecule has 280 valence electrons. The summed E-state index contributed by atoms with van der Waals surface area (Å²) >= 11 is 3.77. The van der Waals surface area contributed by atoms with E-state index in [1.807, 2.05) is 35.2 Å². The summed E-state index contributed by atoms with van der Waals surface area (Å²) in [4.78, 5) is 60.2. The van der Waals surface area contributed by atoms with Crippen LogP contribution in [0.4, 0.5) is 0 Å². The van der Waals surface area contributed by atoms with Crippen molar-refractivity contribution >= 4 is 39.6 Å². The molecule has 4 fully saturated rings. The molecule has 51 heavy (non-hydrogen) atoms. The van der Waals surface area contributed by atoms with Gasteiger partial charge in [0, 0.05) is 44.1 Å². The fourth-order valence-electron chi connectivity index (χ4n) is 8.72. The molecule has 3 heterocycles. The molecule has 0 aromatic heterocycles. The largest absolute Gasteiger partial charge is 0.455 e. The lowest BCUT2D eigenvalue weighted by Gasteiger charge is -2.41. The highest BCUT2D eigenvalue weighted by Crippen LogP contribution is 2.60. The number of hydrogen-bond donors (Lipinski definition) is 2. The van der Waals surface area contributed by atoms with Gasteiger partial charge in [0.2, 0.25) is 17.7 Å². The maximum Gasteiger partial charge on any atom is 0.313 e. The molecule has 1 saturated carbocycles. The van der Waals surface area contributed by atoms with E-state index in [0.717, 1.165) is 32.1 Å². The number of rotatable bonds is 19. The van der Waals surface area contributed by atoms with Crippen LogP contribution in [-0.2, 0) is 33.4 Å². The van der Waals surface area contributed by atoms with Crippen molar-refractivity contribution < 1.29 is 38.5 Å². The average molecular weight is 773 g/mol. The topological polar surface area (TPSA) is 135 Å². The molecule has 3 amide bonds. The average Bonchev–Trinajstić information content (AvgIpc) is 3.73. The van der Waals surface area contributed by atoms with E-state index in [0.29, 0.717) is 50.8 Å². The van der Waals surface area contributed by atoms with Crippen LogP contribution in [0.15, 0.2) is 55.6 Å². The second-order valence-electron chi connectivity index (χ2n) is 14.3. The van der Waals surface area contributed by atoms with Gasteiger partial charge >= 0.3 is 5.97 Å². The van der Waals surface area contributed by atoms with Crippen LogP contribution in [0.1, 0.15) is 82.3 Å². The van der Waals surface area contributed by atoms with Gasteiger partial charge in [-0.15, -0.1) is 13.2 Å². The molecule has 2 N–H and O–H groups in total. The molecule has 1 aromatic rings. The first-order valence-corrected chi connectivity index (χ1v) is 19.4. The Morgan fingerprint density at radius 1 is 1.14 bits per heavy atom. The van der Waals surface area contributed by atoms with Gasteiger partial charge in [0.15, 0.2) is 0 Å². The molecule has 1 unspecified atom stereocenters. The Morgan fingerprint density at radius 2 is 1.88 bits per heavy atom. The first-order valence-electron chi connectivity index (χ1n) is 18.5. The van der Waals surface area contributed by atoms with Crippen LogP contribution in [0.2, 0.25) is 0 Å². The number of alkyl halides is 1. The standard InChI is InChI=1S/C39H54BrN3O8/c1-4-6-20-30(45)41-29(25-49-3)33(26-16-10-7-11-17-26)50-38(48)31-32-36(46)43(22-14-9-15-23-44)35(39(32)24-28(40)34(31)51-39)37(47)42(21-5-2)27-18-12-8-13-19-27/h4-5,7,10-11,16-17,27-29,31-35,44H,1-2,6,8-9,12-15,18-25H2,3H3,(H,41,45)/t28?,29-,31-,32+,33-,34-,35-,39+/m1/s1. The molecule has 5 rings (SSSR count). The van der Waals surface area contributed by atoms with Crippen molar-refractivity contribution in [1.82, 2.24) is 15.1 Å². The molecule has 8 atom stereocenters. The molecule has 3 aliphatic heterocycles. The van der Waals surface area contributed by atoms with E-state index in [-0.39, 0.29) is 48.2 Å². The van der Waals surface area contributed by atoms with Crippen molar-refractivity contribution in [3.05, 3.63) is 61.2 Å². The second-order valence-corrected chi connectivity index (χ2v) is 15.5. The van der Waals surface area contributed by atoms with Gasteiger partial charge < -0.3 is 34.4 Å². The number of nitrogens with one attached hydrogen (secondary N) is 1. The summed E-state index contributed by atoms with van der Waals surface area (Å²) in [5, 5.41) is 12.4. The maximum atomic E-state index is 14.9. The molecule has 0 radical (unpaired) electrons. The van der Waals surface area contributed by atoms with Gasteiger partial charge in [0.05, 0.1) is 30.6 Å². The number of halogens is 1. The smallest absolute Gasteiger partial charge is 0.313 e. The van der Waals surface area contributed by atoms with E-state index in [1.54, 1.807) is 17.1 Å². The number of ether oxygens (including phenoxy) is 3. The summed E-state index contributed by atoms with van der Waals surface area (Å²) in [6.07, 6.45) is 9.73. The predicted molar refractivity (Wildman–Crippen MR) is 196 cm³/mol. The Labute approximate surface area is 310 Å². The summed E-state index contributed by atoms with van der Waals surface area (Å²) in [6, 6.07) is 7.57. The van der Waals surface area contributed by atoms with Gasteiger partial charge in [0.1, 0.15) is 17.7 Å². The fourth-order valence-corrected chi connectivity index (χ4v) is 9.67. The van der Waals surface area contributed by atoms with Crippen molar-refractivity contribution in [2.75, 3.05) is 33.4 Å². The number of carbonyl (C=O) groups excluding carboxylic acids is 4. The van der Waals surface area contributed by atoms with Crippen LogP contribution in [0, 0.1) is 11.8 Å². The molecule has 1 aliphatic carbocycles. The third kappa shape index (κ3) is 8.29. The minimum absolute atomic E-state index is 0.0382. The van der Waals surface area contributed by atoms with E-state index in [9.17, 15) is 24.3 Å². The van der Waals surface area contributed by atoms with Crippen LogP contribution in [0.25, 0.3) is 0 Å². The Balaban J connectivity index is 1.49. The Bertz CT molecular complexity index is 1390. The number of hydrogen-bond acceptors (Lipinski definition) is 8. The number of fused-ring (bicyclic) bond motifs is 1. The highest BCUT2D eigenvalue weighted by Gasteiger charge is 2.77. The van der Waals surface area contributed by atoms with E-state index >= 15 is 0 Å². The Hall–Kier alpha value is -3.06. The molecule has 1 aromatic carbocycles. The number of methoxy groups -OCH3 is 1. The number of aliphatic hydroxyl groups excluding tert-OH is 1. The van der Waals surface area contributed by atoms with Crippen LogP contribution in [0.3, 0.4) is 0 Å². The van der Waals surface area contributed by atoms with Gasteiger partial charge in [-0.3, -0.25) is 19.2 Å². The zero-order valence-electron chi connectivity index (χ0n) is 29.8. The van der Waals surface area contributed by atoms with E-state index < -0.39 is 47.7 Å². The van der Waals surface area contributed by atoms with Crippen molar-refractivity contribution in [3.63, 3.8) is 0 Å². The lowest BCUT2D eigenvalue weighted by Crippen LogP contribution is -2.58. The maximum absolute atomic E-state index is 14.9. The number of aliphatic hydroxyl groups is 1. The number of allylic oxidation sites excluding steroid dienone is 1. The number of amides is 3. The number of unbranched alkanes of at least 4 members (excludes halogenated alkanes) is 2. The molecule has 4 aliphatic rings. The lowest BCUT2D eigenvalue weighted by molar-refractivity contribution is -0.163. The van der Waals surface area contributed by atoms with Gasteiger partial charge in [-0.05, 0) is 50.5 Å². The first kappa shape index (κ1) is 39.2. The van der Waals surface area contributed by atoms with Gasteiger partial charge in [-0.2, -0.15) is 0 Å². The van der Waals surface area contributed by atoms with Crippen LogP contribution >= 0.6 is 15.9 Å². The first-order chi connectivity index (χ1) is 24.7. The minimum Gasteiger partial charge on any atom is -0.455 e. The Kier molecular flexibility index (Phi) is 13.9. The molecule has 3 saturated heterocycles. The van der Waals surface area contributed by atoms with Gasteiger partial charge in [-0.1, -0.05) is 77.7 Å². The number of carbonyl (C=O) groups is 4. The second kappa shape index (κ2) is 18.1. The quantitative estimate of drug-likeness (QED) is 0.0901. The van der Waals surface area contributed by atoms with Gasteiger partial charge in [-0.25, -0.2) is 0 Å². The van der Waals surface area contributed by atoms with Gasteiger partial charge in [0.25, 0.3) is 0 Å². The SMILES string of the molecule is C=CCCC(=O)N[C@H](COC)[C@H](OC(=O)[C@H]1[C@@H]2O[C@@]3(CC2Br)[C@@H]1C(=O)N(CCCCCO)[C@@H]3C(=O)N(CC=C)C1CCCCC1)c1ccccc1. The minimum atomic E-state index is -1.23. The van der Waals surface area contributed by atoms with Crippen LogP contribution in [0.5, 0.6) is 0 Å². The third-order valence-corrected chi connectivity index (χ3v) is 11.8. The summed E-state index contributed by atoms with van der Waals surface area (Å²) in [5.74, 6) is -3.22. The van der Waals surface area contributed by atoms with E-state index in [2.05, 4.69) is 34.4 Å². The summed E-state index contributed by atoms with van der Waals surface area (Å²) in [7, 11) is 1.52. The van der Waals surface area contributed by atoms with Crippen molar-refractivity contribution in [2.45, 2.75) is 111 Å². The number of likely N-dealkylation sites (tertiary alicyclic amines) is 1. The molecule has 2 bridgehead atoms. The Morgan fingerprint density at radius 3 is 2.55 bits per heavy atom. The summed E-state index contributed by atoms with van der Waals surface area (Å²) < 4.78 is 18.6. The number of nitrogens with zero attached hydrogens (tertiary/aromatic N) is 2. The molecule has 11 nitrogen and oxygen atoms in total. The number of esters is 1. The fraction of sp³-hybridized carbons (Fsp3) is 0.641. The predicted octanol–water partition coefficient (Wildman–Crippen LogP) is 4.63. The van der Waals surface area contributed by atoms with Crippen molar-refractivity contribution in [3.8, 4) is 0 Å². The molecular formula is C39H54BrN3O8. The molecular weight excluding hydrogens is 718 g/mol. The van der Waals surface area contributed by atoms with Crippen molar-refractivity contribution in [2.24, 2.45) is 11.8 Å². The highest BCUT2D eigenvalue weighted by molar-refractivity contribution is 9.09. The zero-order valence-corrected chi connectivity index (χ0v) is 31.3. The highest BCUT2D eigenvalue weighted by atomic mass is 79.9. The zero-order chi connectivity index (χ0) is 36.5. The summed E-state index contributed by atoms with van der Waals surface area (Å²) in [5.41, 5.74) is -0.565. The number of benzene rings is 1. The van der Waals surface area contributed by atoms with Crippen molar-refractivity contribution in [1.29, 1.82) is 0 Å². The van der Waals surface area contributed by atoms with Crippen LogP contribution in [-0.4, -0.2) is 107 Å². The lowest BCUT2D eigenvalue weighted by atomic mass is 9.70. The molecule has 12 heteroatoms. The van der Waals surface area contributed by atoms with Crippen LogP contribution < -0.4 is 5.32 Å². The normalized spacial score (nSPS) is 28.2. The van der Waals surface area contributed by atoms with E-state index in [1.165, 1.54) is 7.11 Å². The third-order valence-electron chi connectivity index (χ3n) is 11.0. The van der Waals surface area contributed by atoms with E-state index in [4.69, 9.17) is 14.2 Å². The monoisotopic (exact) mass is 771 g/mol.